The molecule has 0 unspecified atom stereocenters. The van der Waals surface area contributed by atoms with Crippen molar-refractivity contribution in [2.75, 3.05) is 0 Å². The number of benzene rings is 1. The van der Waals surface area contributed by atoms with Crippen LogP contribution in [0.2, 0.25) is 0 Å². The van der Waals surface area contributed by atoms with Crippen LogP contribution in [-0.4, -0.2) is 0 Å². The van der Waals surface area contributed by atoms with Gasteiger partial charge in [0.15, 0.2) is 0 Å². The highest BCUT2D eigenvalue weighted by molar-refractivity contribution is 5.66. The summed E-state index contributed by atoms with van der Waals surface area (Å²) < 4.78 is 0. The van der Waals surface area contributed by atoms with E-state index in [1.165, 1.54) is 11.1 Å². The molecule has 0 aliphatic heterocycles. The van der Waals surface area contributed by atoms with E-state index < -0.39 is 0 Å². The maximum absolute atomic E-state index is 2.31. The predicted octanol–water partition coefficient (Wildman–Crippen LogP) is 4.84. The molecular formula is C15H20. The minimum atomic E-state index is 1.05. The van der Waals surface area contributed by atoms with Gasteiger partial charge in [0.1, 0.15) is 0 Å². The molecule has 0 saturated carbocycles. The molecule has 1 rings (SSSR count). The van der Waals surface area contributed by atoms with Gasteiger partial charge in [0.25, 0.3) is 0 Å². The minimum Gasteiger partial charge on any atom is -0.0885 e. The fourth-order valence-electron chi connectivity index (χ4n) is 1.59. The summed E-state index contributed by atoms with van der Waals surface area (Å²) in [6, 6.07) is 10.6. The van der Waals surface area contributed by atoms with Crippen molar-refractivity contribution < 1.29 is 0 Å². The second kappa shape index (κ2) is 7.05. The number of hydrogen-bond donors (Lipinski definition) is 0. The van der Waals surface area contributed by atoms with Gasteiger partial charge in [-0.1, -0.05) is 62.4 Å². The van der Waals surface area contributed by atoms with Gasteiger partial charge in [-0.3, -0.25) is 0 Å². The normalized spacial score (nSPS) is 12.3. The molecule has 0 fully saturated rings. The van der Waals surface area contributed by atoms with Crippen LogP contribution >= 0.6 is 0 Å². The van der Waals surface area contributed by atoms with Crippen molar-refractivity contribution in [3.05, 3.63) is 54.1 Å². The van der Waals surface area contributed by atoms with Crippen molar-refractivity contribution in [3.63, 3.8) is 0 Å². The third-order valence-corrected chi connectivity index (χ3v) is 2.34. The molecular weight excluding hydrogens is 180 g/mol. The number of hydrogen-bond acceptors (Lipinski definition) is 0. The molecule has 0 saturated heterocycles. The summed E-state index contributed by atoms with van der Waals surface area (Å²) in [4.78, 5) is 0. The Bertz CT molecular complexity index is 317. The maximum atomic E-state index is 2.31. The highest BCUT2D eigenvalue weighted by Gasteiger charge is 1.97. The Morgan fingerprint density at radius 2 is 1.73 bits per heavy atom. The largest absolute Gasteiger partial charge is 0.0885 e. The summed E-state index contributed by atoms with van der Waals surface area (Å²) in [6.45, 7) is 4.36. The number of allylic oxidation sites excluding steroid dienone is 4. The van der Waals surface area contributed by atoms with Gasteiger partial charge in [0.2, 0.25) is 0 Å². The highest BCUT2D eigenvalue weighted by atomic mass is 14.0. The Morgan fingerprint density at radius 1 is 1.00 bits per heavy atom. The van der Waals surface area contributed by atoms with Crippen LogP contribution in [0.25, 0.3) is 5.57 Å². The third kappa shape index (κ3) is 4.16. The molecule has 0 N–H and O–H groups in total. The Labute approximate surface area is 93.3 Å². The summed E-state index contributed by atoms with van der Waals surface area (Å²) in [5.74, 6) is 0. The Morgan fingerprint density at radius 3 is 2.33 bits per heavy atom. The SMILES string of the molecule is CC/C=C\C/C(=C\CC)c1ccccc1. The van der Waals surface area contributed by atoms with Gasteiger partial charge >= 0.3 is 0 Å². The first kappa shape index (κ1) is 11.8. The van der Waals surface area contributed by atoms with Gasteiger partial charge in [-0.05, 0) is 30.4 Å². The molecule has 0 atom stereocenters. The van der Waals surface area contributed by atoms with Crippen LogP contribution in [0.3, 0.4) is 0 Å². The molecule has 0 aliphatic carbocycles. The molecule has 0 aliphatic rings. The zero-order chi connectivity index (χ0) is 10.9. The summed E-state index contributed by atoms with van der Waals surface area (Å²) >= 11 is 0. The fourth-order valence-corrected chi connectivity index (χ4v) is 1.59. The quantitative estimate of drug-likeness (QED) is 0.597. The zero-order valence-corrected chi connectivity index (χ0v) is 9.74. The predicted molar refractivity (Wildman–Crippen MR) is 68.8 cm³/mol. The molecule has 0 nitrogen and oxygen atoms in total. The Balaban J connectivity index is 2.76. The molecule has 80 valence electrons. The molecule has 0 amide bonds. The van der Waals surface area contributed by atoms with Crippen LogP contribution in [0, 0.1) is 0 Å². The van der Waals surface area contributed by atoms with Crippen molar-refractivity contribution >= 4 is 5.57 Å². The van der Waals surface area contributed by atoms with E-state index in [1.807, 2.05) is 0 Å². The molecule has 0 heteroatoms. The van der Waals surface area contributed by atoms with Crippen LogP contribution in [0.1, 0.15) is 38.7 Å². The molecule has 0 aromatic heterocycles. The van der Waals surface area contributed by atoms with E-state index >= 15 is 0 Å². The lowest BCUT2D eigenvalue weighted by atomic mass is 10.0. The molecule has 15 heavy (non-hydrogen) atoms. The van der Waals surface area contributed by atoms with Crippen LogP contribution in [-0.2, 0) is 0 Å². The molecule has 1 aromatic carbocycles. The molecule has 0 bridgehead atoms. The van der Waals surface area contributed by atoms with E-state index in [1.54, 1.807) is 0 Å². The van der Waals surface area contributed by atoms with Crippen molar-refractivity contribution in [1.82, 2.24) is 0 Å². The monoisotopic (exact) mass is 200 g/mol. The highest BCUT2D eigenvalue weighted by Crippen LogP contribution is 2.19. The van der Waals surface area contributed by atoms with E-state index in [-0.39, 0.29) is 0 Å². The average Bonchev–Trinajstić information content (AvgIpc) is 2.29. The van der Waals surface area contributed by atoms with E-state index in [2.05, 4.69) is 62.4 Å². The smallest absolute Gasteiger partial charge is 0.00947 e. The van der Waals surface area contributed by atoms with Gasteiger partial charge in [-0.25, -0.2) is 0 Å². The van der Waals surface area contributed by atoms with Crippen molar-refractivity contribution in [3.8, 4) is 0 Å². The molecule has 1 aromatic rings. The minimum absolute atomic E-state index is 1.05. The van der Waals surface area contributed by atoms with E-state index in [9.17, 15) is 0 Å². The summed E-state index contributed by atoms with van der Waals surface area (Å²) in [5.41, 5.74) is 2.78. The van der Waals surface area contributed by atoms with Crippen LogP contribution in [0.5, 0.6) is 0 Å². The molecule has 0 radical (unpaired) electrons. The summed E-state index contributed by atoms with van der Waals surface area (Å²) in [6.07, 6.45) is 10.1. The molecule has 0 spiro atoms. The van der Waals surface area contributed by atoms with Gasteiger partial charge in [0.05, 0.1) is 0 Å². The van der Waals surface area contributed by atoms with Gasteiger partial charge < -0.3 is 0 Å². The zero-order valence-electron chi connectivity index (χ0n) is 9.74. The number of rotatable bonds is 5. The Kier molecular flexibility index (Phi) is 5.54. The van der Waals surface area contributed by atoms with Crippen LogP contribution in [0.4, 0.5) is 0 Å². The average molecular weight is 200 g/mol. The second-order valence-electron chi connectivity index (χ2n) is 3.59. The van der Waals surface area contributed by atoms with Crippen molar-refractivity contribution in [2.45, 2.75) is 33.1 Å². The van der Waals surface area contributed by atoms with Crippen molar-refractivity contribution in [1.29, 1.82) is 0 Å². The van der Waals surface area contributed by atoms with E-state index in [0.29, 0.717) is 0 Å². The second-order valence-corrected chi connectivity index (χ2v) is 3.59. The topological polar surface area (TPSA) is 0 Å². The lowest BCUT2D eigenvalue weighted by Crippen LogP contribution is -1.82. The summed E-state index contributed by atoms with van der Waals surface area (Å²) in [7, 11) is 0. The van der Waals surface area contributed by atoms with E-state index in [4.69, 9.17) is 0 Å². The maximum Gasteiger partial charge on any atom is -0.00947 e. The van der Waals surface area contributed by atoms with Crippen molar-refractivity contribution in [2.24, 2.45) is 0 Å². The van der Waals surface area contributed by atoms with E-state index in [0.717, 1.165) is 19.3 Å². The Hall–Kier alpha value is -1.30. The lowest BCUT2D eigenvalue weighted by molar-refractivity contribution is 1.18. The third-order valence-electron chi connectivity index (χ3n) is 2.34. The van der Waals surface area contributed by atoms with Gasteiger partial charge in [-0.15, -0.1) is 0 Å². The van der Waals surface area contributed by atoms with Crippen LogP contribution in [0.15, 0.2) is 48.6 Å². The van der Waals surface area contributed by atoms with Gasteiger partial charge in [-0.2, -0.15) is 0 Å². The lowest BCUT2D eigenvalue weighted by Gasteiger charge is -2.04. The first-order valence-corrected chi connectivity index (χ1v) is 5.78. The van der Waals surface area contributed by atoms with Crippen LogP contribution < -0.4 is 0 Å². The molecule has 0 heterocycles. The summed E-state index contributed by atoms with van der Waals surface area (Å²) in [5, 5.41) is 0. The first-order valence-electron chi connectivity index (χ1n) is 5.78. The van der Waals surface area contributed by atoms with Gasteiger partial charge in [0, 0.05) is 0 Å². The standard InChI is InChI=1S/C15H20/c1-3-5-7-11-14(10-4-2)15-12-8-6-9-13-15/h5-10,12-13H,3-4,11H2,1-2H3/b7-5-,14-10+. The first-order chi connectivity index (χ1) is 7.38. The fraction of sp³-hybridized carbons (Fsp3) is 0.333.